The van der Waals surface area contributed by atoms with Crippen LogP contribution in [0.15, 0.2) is 71.2 Å². The van der Waals surface area contributed by atoms with E-state index in [-0.39, 0.29) is 0 Å². The largest absolute Gasteiger partial charge is 0.490 e. The molecule has 0 heterocycles. The monoisotopic (exact) mass is 440 g/mol. The Kier molecular flexibility index (Phi) is 7.09. The molecule has 0 bridgehead atoms. The minimum atomic E-state index is 0.321. The molecule has 0 spiro atoms. The molecule has 0 atom stereocenters. The van der Waals surface area contributed by atoms with Crippen molar-refractivity contribution in [2.45, 2.75) is 20.1 Å². The predicted molar refractivity (Wildman–Crippen MR) is 112 cm³/mol. The second-order valence-electron chi connectivity index (χ2n) is 6.08. The highest BCUT2D eigenvalue weighted by Crippen LogP contribution is 2.30. The van der Waals surface area contributed by atoms with Gasteiger partial charge in [0.05, 0.1) is 12.2 Å². The first-order valence-corrected chi connectivity index (χ1v) is 9.79. The summed E-state index contributed by atoms with van der Waals surface area (Å²) in [5.74, 6) is 1.90. The lowest BCUT2D eigenvalue weighted by molar-refractivity contribution is 0.111. The summed E-state index contributed by atoms with van der Waals surface area (Å²) in [6.07, 6.45) is 0.784. The van der Waals surface area contributed by atoms with Crippen LogP contribution in [0.25, 0.3) is 0 Å². The molecule has 0 fully saturated rings. The van der Waals surface area contributed by atoms with Crippen LogP contribution in [0.5, 0.6) is 17.2 Å². The zero-order valence-corrected chi connectivity index (χ0v) is 17.1. The summed E-state index contributed by atoms with van der Waals surface area (Å²) in [5, 5.41) is 0. The van der Waals surface area contributed by atoms with Gasteiger partial charge in [-0.3, -0.25) is 4.79 Å². The Hall–Kier alpha value is -2.79. The molecule has 0 saturated carbocycles. The summed E-state index contributed by atoms with van der Waals surface area (Å²) in [7, 11) is 0. The van der Waals surface area contributed by atoms with Crippen molar-refractivity contribution < 1.29 is 19.0 Å². The molecule has 3 aromatic rings. The van der Waals surface area contributed by atoms with Crippen LogP contribution in [-0.2, 0) is 13.2 Å². The fourth-order valence-corrected chi connectivity index (χ4v) is 3.05. The zero-order chi connectivity index (χ0) is 19.8. The third kappa shape index (κ3) is 5.36. The maximum atomic E-state index is 11.2. The lowest BCUT2D eigenvalue weighted by Crippen LogP contribution is -2.02. The van der Waals surface area contributed by atoms with E-state index in [9.17, 15) is 4.79 Å². The molecule has 0 aliphatic heterocycles. The molecule has 0 saturated heterocycles. The van der Waals surface area contributed by atoms with Crippen LogP contribution in [-0.4, -0.2) is 12.9 Å². The second kappa shape index (κ2) is 9.95. The van der Waals surface area contributed by atoms with Gasteiger partial charge >= 0.3 is 0 Å². The number of ether oxygens (including phenoxy) is 3. The van der Waals surface area contributed by atoms with E-state index >= 15 is 0 Å². The smallest absolute Gasteiger partial charge is 0.161 e. The summed E-state index contributed by atoms with van der Waals surface area (Å²) < 4.78 is 18.3. The van der Waals surface area contributed by atoms with E-state index in [2.05, 4.69) is 15.9 Å². The van der Waals surface area contributed by atoms with Gasteiger partial charge in [0.2, 0.25) is 0 Å². The lowest BCUT2D eigenvalue weighted by atomic mass is 10.2. The minimum Gasteiger partial charge on any atom is -0.490 e. The van der Waals surface area contributed by atoms with E-state index in [0.717, 1.165) is 21.9 Å². The number of carbonyl (C=O) groups is 1. The summed E-state index contributed by atoms with van der Waals surface area (Å²) in [6, 6.07) is 21.1. The molecule has 0 amide bonds. The van der Waals surface area contributed by atoms with Gasteiger partial charge in [-0.2, -0.15) is 0 Å². The molecule has 0 aliphatic rings. The fraction of sp³-hybridized carbons (Fsp3) is 0.174. The van der Waals surface area contributed by atoms with Crippen molar-refractivity contribution in [3.63, 3.8) is 0 Å². The van der Waals surface area contributed by atoms with E-state index in [1.54, 1.807) is 12.1 Å². The molecule has 3 aromatic carbocycles. The number of hydrogen-bond acceptors (Lipinski definition) is 4. The SMILES string of the molecule is CCOc1cc(COc2ccc(Br)cc2C=O)ccc1OCc1ccccc1. The van der Waals surface area contributed by atoms with E-state index < -0.39 is 0 Å². The van der Waals surface area contributed by atoms with Crippen LogP contribution in [0, 0.1) is 0 Å². The van der Waals surface area contributed by atoms with Crippen molar-refractivity contribution in [1.29, 1.82) is 0 Å². The van der Waals surface area contributed by atoms with Crippen LogP contribution in [0.2, 0.25) is 0 Å². The topological polar surface area (TPSA) is 44.8 Å². The van der Waals surface area contributed by atoms with Crippen LogP contribution in [0.4, 0.5) is 0 Å². The van der Waals surface area contributed by atoms with Crippen LogP contribution in [0.3, 0.4) is 0 Å². The first kappa shape index (κ1) is 20.0. The zero-order valence-electron chi connectivity index (χ0n) is 15.6. The van der Waals surface area contributed by atoms with Gasteiger partial charge in [0.25, 0.3) is 0 Å². The Bertz CT molecular complexity index is 925. The van der Waals surface area contributed by atoms with Gasteiger partial charge in [-0.1, -0.05) is 52.3 Å². The normalized spacial score (nSPS) is 10.4. The Morgan fingerprint density at radius 2 is 1.50 bits per heavy atom. The molecule has 0 aromatic heterocycles. The van der Waals surface area contributed by atoms with Crippen molar-refractivity contribution in [2.24, 2.45) is 0 Å². The standard InChI is InChI=1S/C23H21BrO4/c1-2-26-23-12-18(16-27-21-11-9-20(24)13-19(21)14-25)8-10-22(23)28-15-17-6-4-3-5-7-17/h3-14H,2,15-16H2,1H3. The van der Waals surface area contributed by atoms with Gasteiger partial charge in [-0.25, -0.2) is 0 Å². The summed E-state index contributed by atoms with van der Waals surface area (Å²) in [6.45, 7) is 3.26. The maximum Gasteiger partial charge on any atom is 0.161 e. The molecule has 0 N–H and O–H groups in total. The van der Waals surface area contributed by atoms with E-state index in [4.69, 9.17) is 14.2 Å². The highest BCUT2D eigenvalue weighted by molar-refractivity contribution is 9.10. The van der Waals surface area contributed by atoms with E-state index in [1.165, 1.54) is 0 Å². The molecule has 144 valence electrons. The lowest BCUT2D eigenvalue weighted by Gasteiger charge is -2.14. The Labute approximate surface area is 173 Å². The number of rotatable bonds is 9. The molecule has 28 heavy (non-hydrogen) atoms. The van der Waals surface area contributed by atoms with Gasteiger partial charge in [-0.15, -0.1) is 0 Å². The molecular formula is C23H21BrO4. The Balaban J connectivity index is 1.70. The highest BCUT2D eigenvalue weighted by Gasteiger charge is 2.09. The van der Waals surface area contributed by atoms with Crippen molar-refractivity contribution >= 4 is 22.2 Å². The molecule has 0 aliphatic carbocycles. The van der Waals surface area contributed by atoms with Gasteiger partial charge in [0, 0.05) is 4.47 Å². The third-order valence-electron chi connectivity index (χ3n) is 4.04. The highest BCUT2D eigenvalue weighted by atomic mass is 79.9. The number of hydrogen-bond donors (Lipinski definition) is 0. The number of carbonyl (C=O) groups excluding carboxylic acids is 1. The van der Waals surface area contributed by atoms with Crippen molar-refractivity contribution in [3.05, 3.63) is 87.9 Å². The number of aldehydes is 1. The average Bonchev–Trinajstić information content (AvgIpc) is 2.73. The maximum absolute atomic E-state index is 11.2. The van der Waals surface area contributed by atoms with E-state index in [0.29, 0.717) is 42.6 Å². The van der Waals surface area contributed by atoms with E-state index in [1.807, 2.05) is 61.5 Å². The molecular weight excluding hydrogens is 420 g/mol. The van der Waals surface area contributed by atoms with Crippen molar-refractivity contribution in [1.82, 2.24) is 0 Å². The van der Waals surface area contributed by atoms with Gasteiger partial charge in [0.1, 0.15) is 19.0 Å². The van der Waals surface area contributed by atoms with Crippen LogP contribution in [0.1, 0.15) is 28.4 Å². The summed E-state index contributed by atoms with van der Waals surface area (Å²) in [5.41, 5.74) is 2.52. The van der Waals surface area contributed by atoms with Gasteiger partial charge in [0.15, 0.2) is 17.8 Å². The van der Waals surface area contributed by atoms with Crippen molar-refractivity contribution in [2.75, 3.05) is 6.61 Å². The van der Waals surface area contributed by atoms with Gasteiger partial charge in [-0.05, 0) is 48.4 Å². The quantitative estimate of drug-likeness (QED) is 0.393. The Morgan fingerprint density at radius 3 is 2.25 bits per heavy atom. The third-order valence-corrected chi connectivity index (χ3v) is 4.53. The molecule has 5 heteroatoms. The first-order valence-electron chi connectivity index (χ1n) is 8.99. The minimum absolute atomic E-state index is 0.321. The molecule has 3 rings (SSSR count). The van der Waals surface area contributed by atoms with Crippen molar-refractivity contribution in [3.8, 4) is 17.2 Å². The molecule has 4 nitrogen and oxygen atoms in total. The van der Waals surface area contributed by atoms with Crippen LogP contribution < -0.4 is 14.2 Å². The summed E-state index contributed by atoms with van der Waals surface area (Å²) in [4.78, 5) is 11.2. The summed E-state index contributed by atoms with van der Waals surface area (Å²) >= 11 is 3.35. The first-order chi connectivity index (χ1) is 13.7. The Morgan fingerprint density at radius 1 is 0.786 bits per heavy atom. The number of benzene rings is 3. The number of halogens is 1. The van der Waals surface area contributed by atoms with Gasteiger partial charge < -0.3 is 14.2 Å². The molecule has 0 radical (unpaired) electrons. The second-order valence-corrected chi connectivity index (χ2v) is 6.99. The fourth-order valence-electron chi connectivity index (χ4n) is 2.67. The predicted octanol–water partition coefficient (Wildman–Crippen LogP) is 5.82. The van der Waals surface area contributed by atoms with Crippen LogP contribution >= 0.6 is 15.9 Å². The molecule has 0 unspecified atom stereocenters. The average molecular weight is 441 g/mol.